The van der Waals surface area contributed by atoms with E-state index in [1.165, 1.54) is 18.9 Å². The molecule has 0 unspecified atom stereocenters. The van der Waals surface area contributed by atoms with E-state index in [9.17, 15) is 4.39 Å². The molecule has 2 rings (SSSR count). The van der Waals surface area contributed by atoms with Crippen molar-refractivity contribution in [1.82, 2.24) is 0 Å². The Labute approximate surface area is 109 Å². The van der Waals surface area contributed by atoms with Crippen LogP contribution in [-0.2, 0) is 0 Å². The molecule has 0 spiro atoms. The molecular formula is C15H22FNO. The van der Waals surface area contributed by atoms with Crippen LogP contribution in [0.1, 0.15) is 33.6 Å². The summed E-state index contributed by atoms with van der Waals surface area (Å²) in [6, 6.07) is 5.60. The van der Waals surface area contributed by atoms with Gasteiger partial charge in [-0.3, -0.25) is 0 Å². The molecule has 0 heterocycles. The minimum Gasteiger partial charge on any atom is -0.491 e. The maximum atomic E-state index is 13.6. The average molecular weight is 251 g/mol. The molecule has 0 bridgehead atoms. The van der Waals surface area contributed by atoms with Gasteiger partial charge in [-0.2, -0.15) is 0 Å². The van der Waals surface area contributed by atoms with Crippen molar-refractivity contribution in [1.29, 1.82) is 0 Å². The van der Waals surface area contributed by atoms with E-state index in [2.05, 4.69) is 19.2 Å². The molecule has 1 aromatic carbocycles. The van der Waals surface area contributed by atoms with Crippen molar-refractivity contribution < 1.29 is 9.13 Å². The highest BCUT2D eigenvalue weighted by Crippen LogP contribution is 2.35. The van der Waals surface area contributed by atoms with Crippen LogP contribution in [0.5, 0.6) is 5.75 Å². The van der Waals surface area contributed by atoms with Crippen LogP contribution < -0.4 is 10.1 Å². The first kappa shape index (κ1) is 13.2. The van der Waals surface area contributed by atoms with Crippen LogP contribution in [0.15, 0.2) is 18.2 Å². The van der Waals surface area contributed by atoms with Gasteiger partial charge in [0.1, 0.15) is 0 Å². The van der Waals surface area contributed by atoms with Crippen molar-refractivity contribution in [3.8, 4) is 5.75 Å². The fourth-order valence-corrected chi connectivity index (χ4v) is 2.42. The van der Waals surface area contributed by atoms with Gasteiger partial charge in [0.05, 0.1) is 6.61 Å². The zero-order valence-electron chi connectivity index (χ0n) is 11.4. The number of rotatable bonds is 5. The van der Waals surface area contributed by atoms with Crippen LogP contribution in [0, 0.1) is 17.7 Å². The number of hydrogen-bond donors (Lipinski definition) is 1. The lowest BCUT2D eigenvalue weighted by atomic mass is 9.73. The van der Waals surface area contributed by atoms with E-state index in [4.69, 9.17) is 4.74 Å². The Morgan fingerprint density at radius 2 is 2.11 bits per heavy atom. The molecule has 2 nitrogen and oxygen atoms in total. The molecule has 0 aromatic heterocycles. The first-order chi connectivity index (χ1) is 8.60. The van der Waals surface area contributed by atoms with Crippen LogP contribution in [0.25, 0.3) is 0 Å². The van der Waals surface area contributed by atoms with Crippen molar-refractivity contribution >= 4 is 5.69 Å². The topological polar surface area (TPSA) is 21.3 Å². The fraction of sp³-hybridized carbons (Fsp3) is 0.600. The van der Waals surface area contributed by atoms with Crippen LogP contribution in [0.4, 0.5) is 10.1 Å². The van der Waals surface area contributed by atoms with Crippen LogP contribution in [0.3, 0.4) is 0 Å². The van der Waals surface area contributed by atoms with Gasteiger partial charge in [0, 0.05) is 17.8 Å². The molecule has 100 valence electrons. The molecule has 1 N–H and O–H groups in total. The molecule has 1 fully saturated rings. The quantitative estimate of drug-likeness (QED) is 0.851. The van der Waals surface area contributed by atoms with Crippen molar-refractivity contribution in [3.63, 3.8) is 0 Å². The van der Waals surface area contributed by atoms with Gasteiger partial charge >= 0.3 is 0 Å². The van der Waals surface area contributed by atoms with E-state index < -0.39 is 0 Å². The third kappa shape index (κ3) is 2.95. The predicted molar refractivity (Wildman–Crippen MR) is 72.5 cm³/mol. The summed E-state index contributed by atoms with van der Waals surface area (Å²) in [7, 11) is 0. The third-order valence-corrected chi connectivity index (χ3v) is 3.72. The summed E-state index contributed by atoms with van der Waals surface area (Å²) in [5, 5.41) is 3.38. The standard InChI is InChI=1S/C15H22FNO/c1-4-18-15-6-5-12(9-14(15)16)17-13-7-11(8-13)10(2)3/h5-6,9-11,13,17H,4,7-8H2,1-3H3. The highest BCUT2D eigenvalue weighted by molar-refractivity contribution is 5.48. The predicted octanol–water partition coefficient (Wildman–Crippen LogP) is 4.07. The first-order valence-electron chi connectivity index (χ1n) is 6.79. The number of nitrogens with one attached hydrogen (secondary N) is 1. The van der Waals surface area contributed by atoms with E-state index in [0.717, 1.165) is 17.5 Å². The van der Waals surface area contributed by atoms with Crippen LogP contribution in [-0.4, -0.2) is 12.6 Å². The summed E-state index contributed by atoms with van der Waals surface area (Å²) in [6.45, 7) is 6.86. The van der Waals surface area contributed by atoms with E-state index in [1.54, 1.807) is 6.07 Å². The van der Waals surface area contributed by atoms with E-state index in [0.29, 0.717) is 18.4 Å². The normalized spacial score (nSPS) is 22.7. The van der Waals surface area contributed by atoms with Gasteiger partial charge in [-0.1, -0.05) is 13.8 Å². The molecule has 0 saturated heterocycles. The molecule has 0 atom stereocenters. The molecule has 0 amide bonds. The van der Waals surface area contributed by atoms with Crippen molar-refractivity contribution in [2.24, 2.45) is 11.8 Å². The molecule has 18 heavy (non-hydrogen) atoms. The smallest absolute Gasteiger partial charge is 0.167 e. The lowest BCUT2D eigenvalue weighted by Crippen LogP contribution is -2.37. The van der Waals surface area contributed by atoms with Gasteiger partial charge in [0.15, 0.2) is 11.6 Å². The second kappa shape index (κ2) is 5.59. The Kier molecular flexibility index (Phi) is 4.10. The monoisotopic (exact) mass is 251 g/mol. The summed E-state index contributed by atoms with van der Waals surface area (Å²) in [5.74, 6) is 1.61. The molecule has 0 radical (unpaired) electrons. The highest BCUT2D eigenvalue weighted by Gasteiger charge is 2.30. The van der Waals surface area contributed by atoms with Crippen LogP contribution >= 0.6 is 0 Å². The molecule has 1 aliphatic rings. The van der Waals surface area contributed by atoms with Crippen LogP contribution in [0.2, 0.25) is 0 Å². The van der Waals surface area contributed by atoms with Gasteiger partial charge in [-0.25, -0.2) is 4.39 Å². The Balaban J connectivity index is 1.89. The summed E-state index contributed by atoms with van der Waals surface area (Å²) in [6.07, 6.45) is 2.37. The van der Waals surface area contributed by atoms with Gasteiger partial charge in [-0.05, 0) is 43.7 Å². The molecule has 1 saturated carbocycles. The van der Waals surface area contributed by atoms with Gasteiger partial charge in [-0.15, -0.1) is 0 Å². The molecular weight excluding hydrogens is 229 g/mol. The Morgan fingerprint density at radius 1 is 1.39 bits per heavy atom. The molecule has 1 aliphatic carbocycles. The zero-order valence-corrected chi connectivity index (χ0v) is 11.4. The van der Waals surface area contributed by atoms with E-state index >= 15 is 0 Å². The minimum absolute atomic E-state index is 0.290. The Bertz CT molecular complexity index is 399. The number of benzene rings is 1. The minimum atomic E-state index is -0.290. The molecule has 0 aliphatic heterocycles. The Morgan fingerprint density at radius 3 is 2.67 bits per heavy atom. The van der Waals surface area contributed by atoms with E-state index in [-0.39, 0.29) is 5.82 Å². The number of ether oxygens (including phenoxy) is 1. The van der Waals surface area contributed by atoms with Gasteiger partial charge in [0.2, 0.25) is 0 Å². The maximum absolute atomic E-state index is 13.6. The second-order valence-electron chi connectivity index (χ2n) is 5.39. The maximum Gasteiger partial charge on any atom is 0.167 e. The Hall–Kier alpha value is -1.25. The second-order valence-corrected chi connectivity index (χ2v) is 5.39. The van der Waals surface area contributed by atoms with Crippen molar-refractivity contribution in [2.75, 3.05) is 11.9 Å². The lowest BCUT2D eigenvalue weighted by Gasteiger charge is -2.39. The van der Waals surface area contributed by atoms with Gasteiger partial charge < -0.3 is 10.1 Å². The summed E-state index contributed by atoms with van der Waals surface area (Å²) in [5.41, 5.74) is 0.850. The molecule has 3 heteroatoms. The van der Waals surface area contributed by atoms with E-state index in [1.807, 2.05) is 13.0 Å². The van der Waals surface area contributed by atoms with Crippen molar-refractivity contribution in [3.05, 3.63) is 24.0 Å². The molecule has 1 aromatic rings. The summed E-state index contributed by atoms with van der Waals surface area (Å²) < 4.78 is 18.8. The lowest BCUT2D eigenvalue weighted by molar-refractivity contribution is 0.212. The number of anilines is 1. The number of hydrogen-bond acceptors (Lipinski definition) is 2. The average Bonchev–Trinajstić information content (AvgIpc) is 2.26. The third-order valence-electron chi connectivity index (χ3n) is 3.72. The van der Waals surface area contributed by atoms with Crippen molar-refractivity contribution in [2.45, 2.75) is 39.7 Å². The highest BCUT2D eigenvalue weighted by atomic mass is 19.1. The first-order valence-corrected chi connectivity index (χ1v) is 6.79. The largest absolute Gasteiger partial charge is 0.491 e. The fourth-order valence-electron chi connectivity index (χ4n) is 2.42. The summed E-state index contributed by atoms with van der Waals surface area (Å²) in [4.78, 5) is 0. The number of halogens is 1. The zero-order chi connectivity index (χ0) is 13.1. The summed E-state index contributed by atoms with van der Waals surface area (Å²) >= 11 is 0. The SMILES string of the molecule is CCOc1ccc(NC2CC(C(C)C)C2)cc1F. The van der Waals surface area contributed by atoms with Gasteiger partial charge in [0.25, 0.3) is 0 Å².